The van der Waals surface area contributed by atoms with E-state index in [0.717, 1.165) is 6.42 Å². The molecular weight excluding hydrogens is 310 g/mol. The highest BCUT2D eigenvalue weighted by Gasteiger charge is 2.51. The number of esters is 1. The summed E-state index contributed by atoms with van der Waals surface area (Å²) in [4.78, 5) is 35.6. The van der Waals surface area contributed by atoms with Crippen molar-refractivity contribution in [3.8, 4) is 0 Å². The maximum atomic E-state index is 12.5. The van der Waals surface area contributed by atoms with Crippen molar-refractivity contribution >= 4 is 23.5 Å². The van der Waals surface area contributed by atoms with Crippen LogP contribution in [-0.4, -0.2) is 29.6 Å². The molecule has 2 bridgehead atoms. The Morgan fingerprint density at radius 2 is 1.75 bits per heavy atom. The molecule has 0 unspecified atom stereocenters. The third-order valence-electron chi connectivity index (χ3n) is 4.71. The number of fused-ring (bicyclic) bond motifs is 2. The van der Waals surface area contributed by atoms with Gasteiger partial charge in [-0.15, -0.1) is 0 Å². The van der Waals surface area contributed by atoms with Crippen molar-refractivity contribution in [3.05, 3.63) is 42.0 Å². The molecule has 0 aliphatic heterocycles. The number of benzene rings is 1. The summed E-state index contributed by atoms with van der Waals surface area (Å²) in [5, 5.41) is 12.2. The summed E-state index contributed by atoms with van der Waals surface area (Å²) in [5.74, 6) is -2.93. The Morgan fingerprint density at radius 3 is 2.33 bits per heavy atom. The largest absolute Gasteiger partial charge is 0.481 e. The molecule has 1 fully saturated rings. The number of carboxylic acids is 1. The fraction of sp³-hybridized carbons (Fsp3) is 0.389. The van der Waals surface area contributed by atoms with E-state index in [1.54, 1.807) is 31.2 Å². The zero-order valence-corrected chi connectivity index (χ0v) is 13.3. The molecule has 1 amide bonds. The van der Waals surface area contributed by atoms with Crippen molar-refractivity contribution in [2.45, 2.75) is 13.3 Å². The van der Waals surface area contributed by atoms with Gasteiger partial charge < -0.3 is 15.2 Å². The number of anilines is 1. The van der Waals surface area contributed by atoms with Gasteiger partial charge in [-0.25, -0.2) is 4.79 Å². The fourth-order valence-electron chi connectivity index (χ4n) is 3.65. The molecule has 126 valence electrons. The Labute approximate surface area is 139 Å². The molecule has 2 N–H and O–H groups in total. The van der Waals surface area contributed by atoms with Crippen LogP contribution < -0.4 is 5.32 Å². The van der Waals surface area contributed by atoms with Crippen LogP contribution in [0, 0.1) is 23.7 Å². The Kier molecular flexibility index (Phi) is 4.38. The Balaban J connectivity index is 1.70. The van der Waals surface area contributed by atoms with E-state index >= 15 is 0 Å². The van der Waals surface area contributed by atoms with Gasteiger partial charge >= 0.3 is 11.9 Å². The van der Waals surface area contributed by atoms with Gasteiger partial charge in [-0.1, -0.05) is 12.2 Å². The number of ether oxygens (including phenoxy) is 1. The molecule has 0 radical (unpaired) electrons. The number of aliphatic carboxylic acids is 1. The average Bonchev–Trinajstić information content (AvgIpc) is 3.16. The molecule has 6 heteroatoms. The lowest BCUT2D eigenvalue weighted by atomic mass is 9.82. The van der Waals surface area contributed by atoms with E-state index < -0.39 is 23.8 Å². The predicted molar refractivity (Wildman–Crippen MR) is 86.4 cm³/mol. The number of rotatable bonds is 5. The Bertz CT molecular complexity index is 694. The number of hydrogen-bond acceptors (Lipinski definition) is 4. The lowest BCUT2D eigenvalue weighted by molar-refractivity contribution is -0.146. The van der Waals surface area contributed by atoms with E-state index in [9.17, 15) is 19.5 Å². The third kappa shape index (κ3) is 2.91. The summed E-state index contributed by atoms with van der Waals surface area (Å²) >= 11 is 0. The molecule has 2 aliphatic carbocycles. The van der Waals surface area contributed by atoms with Crippen molar-refractivity contribution < 1.29 is 24.2 Å². The van der Waals surface area contributed by atoms with Crippen LogP contribution >= 0.6 is 0 Å². The highest BCUT2D eigenvalue weighted by Crippen LogP contribution is 2.48. The summed E-state index contributed by atoms with van der Waals surface area (Å²) in [5.41, 5.74) is 0.935. The highest BCUT2D eigenvalue weighted by atomic mass is 16.5. The summed E-state index contributed by atoms with van der Waals surface area (Å²) in [6.45, 7) is 2.03. The first kappa shape index (κ1) is 16.2. The molecule has 1 aromatic carbocycles. The van der Waals surface area contributed by atoms with Gasteiger partial charge in [-0.05, 0) is 49.4 Å². The number of carbonyl (C=O) groups is 3. The molecule has 3 rings (SSSR count). The van der Waals surface area contributed by atoms with Crippen molar-refractivity contribution in [2.75, 3.05) is 11.9 Å². The minimum atomic E-state index is -0.926. The van der Waals surface area contributed by atoms with Gasteiger partial charge in [0.2, 0.25) is 5.91 Å². The SMILES string of the molecule is CCOC(=O)c1ccc(NC(=O)[C@@H]2[C@H](C(=O)O)[C@H]3C=C[C@H]2C3)cc1. The number of hydrogen-bond donors (Lipinski definition) is 2. The number of carboxylic acid groups (broad SMARTS) is 1. The summed E-state index contributed by atoms with van der Waals surface area (Å²) in [6, 6.07) is 6.37. The van der Waals surface area contributed by atoms with Gasteiger partial charge in [0.25, 0.3) is 0 Å². The number of amides is 1. The van der Waals surface area contributed by atoms with Crippen LogP contribution in [-0.2, 0) is 14.3 Å². The summed E-state index contributed by atoms with van der Waals surface area (Å²) < 4.78 is 4.90. The molecule has 6 nitrogen and oxygen atoms in total. The minimum absolute atomic E-state index is 0.0186. The van der Waals surface area contributed by atoms with Crippen LogP contribution in [0.4, 0.5) is 5.69 Å². The lowest BCUT2D eigenvalue weighted by Crippen LogP contribution is -2.36. The fourth-order valence-corrected chi connectivity index (χ4v) is 3.65. The normalized spacial score (nSPS) is 27.0. The second-order valence-electron chi connectivity index (χ2n) is 6.13. The van der Waals surface area contributed by atoms with E-state index in [4.69, 9.17) is 4.74 Å². The lowest BCUT2D eigenvalue weighted by Gasteiger charge is -2.23. The van der Waals surface area contributed by atoms with Crippen LogP contribution in [0.2, 0.25) is 0 Å². The first-order chi connectivity index (χ1) is 11.5. The minimum Gasteiger partial charge on any atom is -0.481 e. The van der Waals surface area contributed by atoms with Crippen molar-refractivity contribution in [3.63, 3.8) is 0 Å². The van der Waals surface area contributed by atoms with Crippen LogP contribution in [0.5, 0.6) is 0 Å². The molecule has 0 saturated heterocycles. The zero-order valence-electron chi connectivity index (χ0n) is 13.3. The quantitative estimate of drug-likeness (QED) is 0.639. The van der Waals surface area contributed by atoms with Crippen LogP contribution in [0.3, 0.4) is 0 Å². The molecule has 24 heavy (non-hydrogen) atoms. The van der Waals surface area contributed by atoms with Crippen LogP contribution in [0.1, 0.15) is 23.7 Å². The van der Waals surface area contributed by atoms with E-state index in [-0.39, 0.29) is 17.7 Å². The van der Waals surface area contributed by atoms with Crippen molar-refractivity contribution in [1.82, 2.24) is 0 Å². The third-order valence-corrected chi connectivity index (χ3v) is 4.71. The molecule has 2 aliphatic rings. The maximum Gasteiger partial charge on any atom is 0.338 e. The number of allylic oxidation sites excluding steroid dienone is 2. The average molecular weight is 329 g/mol. The van der Waals surface area contributed by atoms with Gasteiger partial charge in [-0.3, -0.25) is 9.59 Å². The van der Waals surface area contributed by atoms with Gasteiger partial charge in [0.05, 0.1) is 24.0 Å². The Hall–Kier alpha value is -2.63. The first-order valence-corrected chi connectivity index (χ1v) is 8.00. The van der Waals surface area contributed by atoms with Gasteiger partial charge in [0.15, 0.2) is 0 Å². The molecular formula is C18H19NO5. The molecule has 0 spiro atoms. The molecule has 1 aromatic rings. The Morgan fingerprint density at radius 1 is 1.12 bits per heavy atom. The summed E-state index contributed by atoms with van der Waals surface area (Å²) in [7, 11) is 0. The zero-order chi connectivity index (χ0) is 17.3. The monoisotopic (exact) mass is 329 g/mol. The van der Waals surface area contributed by atoms with Crippen molar-refractivity contribution in [2.24, 2.45) is 23.7 Å². The maximum absolute atomic E-state index is 12.5. The first-order valence-electron chi connectivity index (χ1n) is 8.00. The van der Waals surface area contributed by atoms with E-state index in [1.807, 2.05) is 12.2 Å². The summed E-state index contributed by atoms with van der Waals surface area (Å²) in [6.07, 6.45) is 4.57. The highest BCUT2D eigenvalue weighted by molar-refractivity contribution is 5.97. The molecule has 0 aromatic heterocycles. The predicted octanol–water partition coefficient (Wildman–Crippen LogP) is 2.32. The smallest absolute Gasteiger partial charge is 0.338 e. The van der Waals surface area contributed by atoms with E-state index in [1.165, 1.54) is 0 Å². The topological polar surface area (TPSA) is 92.7 Å². The van der Waals surface area contributed by atoms with Crippen LogP contribution in [0.15, 0.2) is 36.4 Å². The second-order valence-corrected chi connectivity index (χ2v) is 6.13. The standard InChI is InChI=1S/C18H19NO5/c1-2-24-18(23)10-5-7-13(8-6-10)19-16(20)14-11-3-4-12(9-11)15(14)17(21)22/h3-8,11-12,14-15H,2,9H2,1H3,(H,19,20)(H,21,22)/t11-,12-,14-,15+/m0/s1. The van der Waals surface area contributed by atoms with Crippen LogP contribution in [0.25, 0.3) is 0 Å². The number of carbonyl (C=O) groups excluding carboxylic acids is 2. The number of nitrogens with one attached hydrogen (secondary N) is 1. The van der Waals surface area contributed by atoms with Gasteiger partial charge in [0, 0.05) is 5.69 Å². The van der Waals surface area contributed by atoms with Gasteiger partial charge in [-0.2, -0.15) is 0 Å². The molecule has 0 heterocycles. The van der Waals surface area contributed by atoms with E-state index in [2.05, 4.69) is 5.32 Å². The molecule has 1 saturated carbocycles. The molecule has 4 atom stereocenters. The second kappa shape index (κ2) is 6.47. The van der Waals surface area contributed by atoms with E-state index in [0.29, 0.717) is 17.9 Å². The van der Waals surface area contributed by atoms with Gasteiger partial charge in [0.1, 0.15) is 0 Å². The van der Waals surface area contributed by atoms with Crippen molar-refractivity contribution in [1.29, 1.82) is 0 Å².